The minimum atomic E-state index is -0.187. The third kappa shape index (κ3) is 2.35. The lowest BCUT2D eigenvalue weighted by molar-refractivity contribution is -0.142. The first-order chi connectivity index (χ1) is 9.66. The van der Waals surface area contributed by atoms with Gasteiger partial charge in [-0.1, -0.05) is 6.92 Å². The van der Waals surface area contributed by atoms with Gasteiger partial charge in [0.2, 0.25) is 5.91 Å². The molecule has 2 heterocycles. The summed E-state index contributed by atoms with van der Waals surface area (Å²) < 4.78 is 2.01. The Hall–Kier alpha value is -1.36. The van der Waals surface area contributed by atoms with E-state index in [-0.39, 0.29) is 5.41 Å². The van der Waals surface area contributed by atoms with Crippen LogP contribution in [0.1, 0.15) is 38.4 Å². The topological polar surface area (TPSA) is 50.2 Å². The molecule has 1 N–H and O–H groups in total. The van der Waals surface area contributed by atoms with Crippen molar-refractivity contribution < 1.29 is 4.79 Å². The number of carbonyl (C=O) groups is 1. The Kier molecular flexibility index (Phi) is 3.54. The summed E-state index contributed by atoms with van der Waals surface area (Å²) in [7, 11) is 1.99. The van der Waals surface area contributed by atoms with Crippen LogP contribution in [-0.4, -0.2) is 39.5 Å². The lowest BCUT2D eigenvalue weighted by atomic mass is 9.82. The molecule has 5 heteroatoms. The average molecular weight is 276 g/mol. The SMILES string of the molecule is CCC1(C(=O)N(Cc2nccn2C)C2CC2)CCNC1. The smallest absolute Gasteiger partial charge is 0.230 e. The van der Waals surface area contributed by atoms with E-state index >= 15 is 0 Å². The van der Waals surface area contributed by atoms with Gasteiger partial charge in [-0.05, 0) is 32.2 Å². The number of nitrogens with zero attached hydrogens (tertiary/aromatic N) is 3. The van der Waals surface area contributed by atoms with Gasteiger partial charge < -0.3 is 14.8 Å². The van der Waals surface area contributed by atoms with Gasteiger partial charge in [0.05, 0.1) is 12.0 Å². The third-order valence-electron chi connectivity index (χ3n) is 4.86. The fourth-order valence-corrected chi connectivity index (χ4v) is 3.14. The van der Waals surface area contributed by atoms with Crippen LogP contribution in [0.3, 0.4) is 0 Å². The Morgan fingerprint density at radius 2 is 2.40 bits per heavy atom. The van der Waals surface area contributed by atoms with Crippen molar-refractivity contribution in [3.8, 4) is 0 Å². The molecule has 0 spiro atoms. The van der Waals surface area contributed by atoms with E-state index in [0.717, 1.165) is 44.6 Å². The summed E-state index contributed by atoms with van der Waals surface area (Å²) in [5.41, 5.74) is -0.187. The zero-order valence-electron chi connectivity index (χ0n) is 12.4. The number of hydrogen-bond donors (Lipinski definition) is 1. The maximum atomic E-state index is 13.1. The summed E-state index contributed by atoms with van der Waals surface area (Å²) in [5.74, 6) is 1.30. The van der Waals surface area contributed by atoms with E-state index in [0.29, 0.717) is 18.5 Å². The van der Waals surface area contributed by atoms with Crippen LogP contribution in [0, 0.1) is 5.41 Å². The van der Waals surface area contributed by atoms with Crippen molar-refractivity contribution in [2.24, 2.45) is 12.5 Å². The molecule has 110 valence electrons. The molecular weight excluding hydrogens is 252 g/mol. The standard InChI is InChI=1S/C15H24N4O/c1-3-15(6-7-16-11-15)14(20)19(12-4-5-12)10-13-17-8-9-18(13)2/h8-9,12,16H,3-7,10-11H2,1-2H3. The molecule has 1 saturated heterocycles. The van der Waals surface area contributed by atoms with Crippen LogP contribution in [0.15, 0.2) is 12.4 Å². The van der Waals surface area contributed by atoms with Crippen LogP contribution in [0.5, 0.6) is 0 Å². The second kappa shape index (κ2) is 5.20. The molecule has 1 aromatic rings. The Balaban J connectivity index is 1.80. The summed E-state index contributed by atoms with van der Waals surface area (Å²) in [6, 6.07) is 0.434. The monoisotopic (exact) mass is 276 g/mol. The molecule has 1 saturated carbocycles. The molecule has 1 atom stereocenters. The van der Waals surface area contributed by atoms with Gasteiger partial charge in [0, 0.05) is 32.0 Å². The van der Waals surface area contributed by atoms with Crippen LogP contribution in [0.4, 0.5) is 0 Å². The van der Waals surface area contributed by atoms with Crippen molar-refractivity contribution >= 4 is 5.91 Å². The molecule has 1 amide bonds. The Morgan fingerprint density at radius 1 is 1.60 bits per heavy atom. The van der Waals surface area contributed by atoms with Gasteiger partial charge in [-0.3, -0.25) is 4.79 Å². The first-order valence-corrected chi connectivity index (χ1v) is 7.64. The van der Waals surface area contributed by atoms with E-state index in [2.05, 4.69) is 22.1 Å². The molecule has 20 heavy (non-hydrogen) atoms. The molecule has 0 bridgehead atoms. The normalized spacial score (nSPS) is 25.9. The fourth-order valence-electron chi connectivity index (χ4n) is 3.14. The molecule has 5 nitrogen and oxygen atoms in total. The van der Waals surface area contributed by atoms with Crippen molar-refractivity contribution in [3.05, 3.63) is 18.2 Å². The van der Waals surface area contributed by atoms with E-state index in [1.165, 1.54) is 0 Å². The molecule has 1 aromatic heterocycles. The van der Waals surface area contributed by atoms with Crippen molar-refractivity contribution in [3.63, 3.8) is 0 Å². The van der Waals surface area contributed by atoms with Crippen LogP contribution >= 0.6 is 0 Å². The number of amides is 1. The predicted octanol–water partition coefficient (Wildman–Crippen LogP) is 1.30. The van der Waals surface area contributed by atoms with Crippen LogP contribution in [0.25, 0.3) is 0 Å². The molecule has 1 aliphatic heterocycles. The number of carbonyl (C=O) groups excluding carboxylic acids is 1. The second-order valence-electron chi connectivity index (χ2n) is 6.18. The maximum absolute atomic E-state index is 13.1. The molecule has 2 aliphatic rings. The van der Waals surface area contributed by atoms with E-state index in [1.54, 1.807) is 6.20 Å². The number of aryl methyl sites for hydroxylation is 1. The van der Waals surface area contributed by atoms with Gasteiger partial charge in [-0.2, -0.15) is 0 Å². The fraction of sp³-hybridized carbons (Fsp3) is 0.733. The average Bonchev–Trinajstić information content (AvgIpc) is 3.03. The van der Waals surface area contributed by atoms with Crippen molar-refractivity contribution in [1.82, 2.24) is 19.8 Å². The first-order valence-electron chi connectivity index (χ1n) is 7.64. The number of aromatic nitrogens is 2. The van der Waals surface area contributed by atoms with Gasteiger partial charge in [0.1, 0.15) is 5.82 Å². The molecule has 2 fully saturated rings. The van der Waals surface area contributed by atoms with Crippen LogP contribution in [-0.2, 0) is 18.4 Å². The van der Waals surface area contributed by atoms with Crippen molar-refractivity contribution in [2.45, 2.75) is 45.2 Å². The quantitative estimate of drug-likeness (QED) is 0.882. The van der Waals surface area contributed by atoms with Gasteiger partial charge in [0.25, 0.3) is 0 Å². The van der Waals surface area contributed by atoms with E-state index in [1.807, 2.05) is 17.8 Å². The molecule has 1 aliphatic carbocycles. The number of rotatable bonds is 5. The minimum Gasteiger partial charge on any atom is -0.337 e. The number of hydrogen-bond acceptors (Lipinski definition) is 3. The summed E-state index contributed by atoms with van der Waals surface area (Å²) in [6.07, 6.45) is 7.91. The largest absolute Gasteiger partial charge is 0.337 e. The Morgan fingerprint density at radius 3 is 2.90 bits per heavy atom. The number of nitrogens with one attached hydrogen (secondary N) is 1. The second-order valence-corrected chi connectivity index (χ2v) is 6.18. The first kappa shape index (κ1) is 13.6. The summed E-state index contributed by atoms with van der Waals surface area (Å²) in [5, 5.41) is 3.36. The van der Waals surface area contributed by atoms with Gasteiger partial charge in [0.15, 0.2) is 0 Å². The van der Waals surface area contributed by atoms with Gasteiger partial charge in [-0.25, -0.2) is 4.98 Å². The number of imidazole rings is 1. The predicted molar refractivity (Wildman–Crippen MR) is 77.0 cm³/mol. The third-order valence-corrected chi connectivity index (χ3v) is 4.86. The maximum Gasteiger partial charge on any atom is 0.230 e. The van der Waals surface area contributed by atoms with Crippen molar-refractivity contribution in [2.75, 3.05) is 13.1 Å². The van der Waals surface area contributed by atoms with Gasteiger partial charge in [-0.15, -0.1) is 0 Å². The van der Waals surface area contributed by atoms with E-state index in [4.69, 9.17) is 0 Å². The summed E-state index contributed by atoms with van der Waals surface area (Å²) >= 11 is 0. The zero-order chi connectivity index (χ0) is 14.2. The molecule has 0 radical (unpaired) electrons. The minimum absolute atomic E-state index is 0.187. The molecular formula is C15H24N4O. The van der Waals surface area contributed by atoms with Crippen LogP contribution in [0.2, 0.25) is 0 Å². The van der Waals surface area contributed by atoms with E-state index in [9.17, 15) is 4.79 Å². The molecule has 0 aromatic carbocycles. The van der Waals surface area contributed by atoms with Crippen molar-refractivity contribution in [1.29, 1.82) is 0 Å². The highest BCUT2D eigenvalue weighted by Gasteiger charge is 2.45. The summed E-state index contributed by atoms with van der Waals surface area (Å²) in [4.78, 5) is 19.5. The zero-order valence-corrected chi connectivity index (χ0v) is 12.4. The Labute approximate surface area is 120 Å². The van der Waals surface area contributed by atoms with Crippen LogP contribution < -0.4 is 5.32 Å². The highest BCUT2D eigenvalue weighted by Crippen LogP contribution is 2.37. The highest BCUT2D eigenvalue weighted by molar-refractivity contribution is 5.84. The molecule has 3 rings (SSSR count). The molecule has 1 unspecified atom stereocenters. The lowest BCUT2D eigenvalue weighted by Gasteiger charge is -2.33. The lowest BCUT2D eigenvalue weighted by Crippen LogP contribution is -2.46. The highest BCUT2D eigenvalue weighted by atomic mass is 16.2. The summed E-state index contributed by atoms with van der Waals surface area (Å²) in [6.45, 7) is 4.57. The van der Waals surface area contributed by atoms with E-state index < -0.39 is 0 Å². The van der Waals surface area contributed by atoms with Gasteiger partial charge >= 0.3 is 0 Å². The Bertz CT molecular complexity index is 486.